The number of nitrogens with one attached hydrogen (secondary N) is 1. The minimum Gasteiger partial charge on any atom is -0.507 e. The van der Waals surface area contributed by atoms with E-state index in [2.05, 4.69) is 17.1 Å². The Kier molecular flexibility index (Phi) is 5.85. The van der Waals surface area contributed by atoms with Gasteiger partial charge in [-0.05, 0) is 19.5 Å². The van der Waals surface area contributed by atoms with E-state index in [9.17, 15) is 5.11 Å². The number of phenols is 1. The maximum atomic E-state index is 10.1. The first-order chi connectivity index (χ1) is 10.1. The number of methoxy groups -OCH3 is 1. The van der Waals surface area contributed by atoms with Crippen molar-refractivity contribution >= 4 is 0 Å². The van der Waals surface area contributed by atoms with Gasteiger partial charge >= 0.3 is 0 Å². The molecule has 1 aliphatic heterocycles. The average molecular weight is 294 g/mol. The third-order valence-electron chi connectivity index (χ3n) is 4.03. The lowest BCUT2D eigenvalue weighted by atomic mass is 10.1. The molecule has 0 saturated carbocycles. The molecule has 1 aliphatic rings. The number of phenolic OH excluding ortho intramolecular Hbond substituents is 1. The van der Waals surface area contributed by atoms with Crippen molar-refractivity contribution in [3.8, 4) is 11.5 Å². The normalized spacial score (nSPS) is 21.2. The van der Waals surface area contributed by atoms with E-state index in [-0.39, 0.29) is 17.9 Å². The third-order valence-corrected chi connectivity index (χ3v) is 4.03. The zero-order chi connectivity index (χ0) is 15.2. The van der Waals surface area contributed by atoms with Crippen LogP contribution in [0.5, 0.6) is 11.5 Å². The van der Waals surface area contributed by atoms with Gasteiger partial charge in [0, 0.05) is 37.3 Å². The van der Waals surface area contributed by atoms with Crippen LogP contribution >= 0.6 is 0 Å². The summed E-state index contributed by atoms with van der Waals surface area (Å²) in [5.74, 6) is 0.923. The Morgan fingerprint density at radius 1 is 1.52 bits per heavy atom. The molecule has 0 spiro atoms. The number of benzene rings is 1. The Balaban J connectivity index is 1.88. The van der Waals surface area contributed by atoms with Crippen LogP contribution in [0, 0.1) is 0 Å². The van der Waals surface area contributed by atoms with Crippen LogP contribution in [-0.2, 0) is 4.74 Å². The SMILES string of the molecule is CCN1CCOC(CNC(C)c2ccc(OC)cc2O)C1. The van der Waals surface area contributed by atoms with Gasteiger partial charge in [-0.15, -0.1) is 0 Å². The van der Waals surface area contributed by atoms with Crippen molar-refractivity contribution in [3.63, 3.8) is 0 Å². The van der Waals surface area contributed by atoms with Gasteiger partial charge in [-0.3, -0.25) is 4.90 Å². The van der Waals surface area contributed by atoms with E-state index >= 15 is 0 Å². The average Bonchev–Trinajstić information content (AvgIpc) is 2.52. The lowest BCUT2D eigenvalue weighted by molar-refractivity contribution is -0.0262. The molecule has 0 radical (unpaired) electrons. The molecule has 5 heteroatoms. The summed E-state index contributed by atoms with van der Waals surface area (Å²) < 4.78 is 10.9. The number of nitrogens with zero attached hydrogens (tertiary/aromatic N) is 1. The number of rotatable bonds is 6. The molecule has 0 bridgehead atoms. The molecule has 1 fully saturated rings. The van der Waals surface area contributed by atoms with Crippen molar-refractivity contribution in [2.75, 3.05) is 39.9 Å². The van der Waals surface area contributed by atoms with Crippen LogP contribution in [0.25, 0.3) is 0 Å². The van der Waals surface area contributed by atoms with E-state index < -0.39 is 0 Å². The number of aromatic hydroxyl groups is 1. The fourth-order valence-electron chi connectivity index (χ4n) is 2.63. The Morgan fingerprint density at radius 2 is 2.33 bits per heavy atom. The smallest absolute Gasteiger partial charge is 0.124 e. The van der Waals surface area contributed by atoms with Crippen LogP contribution in [-0.4, -0.2) is 56.0 Å². The lowest BCUT2D eigenvalue weighted by Gasteiger charge is -2.32. The first-order valence-electron chi connectivity index (χ1n) is 7.58. The van der Waals surface area contributed by atoms with Gasteiger partial charge in [0.2, 0.25) is 0 Å². The van der Waals surface area contributed by atoms with Crippen molar-refractivity contribution < 1.29 is 14.6 Å². The van der Waals surface area contributed by atoms with Gasteiger partial charge in [-0.2, -0.15) is 0 Å². The van der Waals surface area contributed by atoms with E-state index in [0.29, 0.717) is 5.75 Å². The van der Waals surface area contributed by atoms with Crippen molar-refractivity contribution in [2.24, 2.45) is 0 Å². The van der Waals surface area contributed by atoms with Crippen molar-refractivity contribution in [3.05, 3.63) is 23.8 Å². The summed E-state index contributed by atoms with van der Waals surface area (Å²) in [7, 11) is 1.59. The highest BCUT2D eigenvalue weighted by Crippen LogP contribution is 2.28. The quantitative estimate of drug-likeness (QED) is 0.837. The minimum absolute atomic E-state index is 0.0662. The monoisotopic (exact) mass is 294 g/mol. The molecular formula is C16H26N2O3. The summed E-state index contributed by atoms with van der Waals surface area (Å²) in [6, 6.07) is 5.47. The molecule has 118 valence electrons. The second kappa shape index (κ2) is 7.64. The summed E-state index contributed by atoms with van der Waals surface area (Å²) in [5.41, 5.74) is 0.874. The maximum absolute atomic E-state index is 10.1. The predicted molar refractivity (Wildman–Crippen MR) is 82.9 cm³/mol. The highest BCUT2D eigenvalue weighted by atomic mass is 16.5. The molecule has 0 aliphatic carbocycles. The van der Waals surface area contributed by atoms with E-state index in [4.69, 9.17) is 9.47 Å². The first kappa shape index (κ1) is 16.1. The largest absolute Gasteiger partial charge is 0.507 e. The molecule has 1 saturated heterocycles. The summed E-state index contributed by atoms with van der Waals surface area (Å²) in [6.07, 6.45) is 0.210. The molecule has 5 nitrogen and oxygen atoms in total. The number of hydrogen-bond acceptors (Lipinski definition) is 5. The van der Waals surface area contributed by atoms with Crippen LogP contribution in [0.2, 0.25) is 0 Å². The second-order valence-electron chi connectivity index (χ2n) is 5.44. The molecule has 1 aromatic carbocycles. The van der Waals surface area contributed by atoms with Gasteiger partial charge in [0.1, 0.15) is 11.5 Å². The van der Waals surface area contributed by atoms with Crippen LogP contribution in [0.4, 0.5) is 0 Å². The lowest BCUT2D eigenvalue weighted by Crippen LogP contribution is -2.46. The van der Waals surface area contributed by atoms with Crippen molar-refractivity contribution in [1.29, 1.82) is 0 Å². The third kappa shape index (κ3) is 4.33. The van der Waals surface area contributed by atoms with Crippen molar-refractivity contribution in [2.45, 2.75) is 26.0 Å². The minimum atomic E-state index is 0.0662. The van der Waals surface area contributed by atoms with Gasteiger partial charge < -0.3 is 19.9 Å². The zero-order valence-corrected chi connectivity index (χ0v) is 13.1. The summed E-state index contributed by atoms with van der Waals surface area (Å²) in [4.78, 5) is 2.39. The Hall–Kier alpha value is -1.30. The van der Waals surface area contributed by atoms with Crippen LogP contribution in [0.15, 0.2) is 18.2 Å². The topological polar surface area (TPSA) is 54.0 Å². The van der Waals surface area contributed by atoms with Gasteiger partial charge in [0.25, 0.3) is 0 Å². The van der Waals surface area contributed by atoms with Crippen LogP contribution in [0.1, 0.15) is 25.5 Å². The van der Waals surface area contributed by atoms with Crippen molar-refractivity contribution in [1.82, 2.24) is 10.2 Å². The fraction of sp³-hybridized carbons (Fsp3) is 0.625. The van der Waals surface area contributed by atoms with E-state index in [1.54, 1.807) is 13.2 Å². The van der Waals surface area contributed by atoms with Gasteiger partial charge in [0.15, 0.2) is 0 Å². The molecule has 1 aromatic rings. The summed E-state index contributed by atoms with van der Waals surface area (Å²) in [6.45, 7) is 8.84. The van der Waals surface area contributed by atoms with Gasteiger partial charge in [-0.25, -0.2) is 0 Å². The van der Waals surface area contributed by atoms with E-state index in [0.717, 1.165) is 38.3 Å². The van der Waals surface area contributed by atoms with E-state index in [1.165, 1.54) is 0 Å². The highest BCUT2D eigenvalue weighted by Gasteiger charge is 2.20. The first-order valence-corrected chi connectivity index (χ1v) is 7.58. The molecule has 0 aromatic heterocycles. The Morgan fingerprint density at radius 3 is 3.00 bits per heavy atom. The molecular weight excluding hydrogens is 268 g/mol. The highest BCUT2D eigenvalue weighted by molar-refractivity contribution is 5.41. The predicted octanol–water partition coefficient (Wildman–Crippen LogP) is 1.77. The number of hydrogen-bond donors (Lipinski definition) is 2. The van der Waals surface area contributed by atoms with Gasteiger partial charge in [-0.1, -0.05) is 13.0 Å². The molecule has 1 heterocycles. The van der Waals surface area contributed by atoms with Crippen LogP contribution in [0.3, 0.4) is 0 Å². The molecule has 2 rings (SSSR count). The Bertz CT molecular complexity index is 453. The standard InChI is InChI=1S/C16H26N2O3/c1-4-18-7-8-21-14(11-18)10-17-12(2)15-6-5-13(20-3)9-16(15)19/h5-6,9,12,14,17,19H,4,7-8,10-11H2,1-3H3. The number of morpholine rings is 1. The molecule has 21 heavy (non-hydrogen) atoms. The summed E-state index contributed by atoms with van der Waals surface area (Å²) >= 11 is 0. The molecule has 2 unspecified atom stereocenters. The van der Waals surface area contributed by atoms with E-state index in [1.807, 2.05) is 19.1 Å². The fourth-order valence-corrected chi connectivity index (χ4v) is 2.63. The molecule has 2 atom stereocenters. The zero-order valence-electron chi connectivity index (χ0n) is 13.1. The Labute approximate surface area is 126 Å². The second-order valence-corrected chi connectivity index (χ2v) is 5.44. The van der Waals surface area contributed by atoms with Crippen LogP contribution < -0.4 is 10.1 Å². The summed E-state index contributed by atoms with van der Waals surface area (Å²) in [5, 5.41) is 13.5. The van der Waals surface area contributed by atoms with Gasteiger partial charge in [0.05, 0.1) is 19.8 Å². The molecule has 0 amide bonds. The number of likely N-dealkylation sites (N-methyl/N-ethyl adjacent to an activating group) is 1. The molecule has 2 N–H and O–H groups in total. The maximum Gasteiger partial charge on any atom is 0.124 e. The number of ether oxygens (including phenoxy) is 2.